The average Bonchev–Trinajstić information content (AvgIpc) is 1.92. The van der Waals surface area contributed by atoms with Crippen molar-refractivity contribution >= 4 is 31.4 Å². The Kier molecular flexibility index (Phi) is 2.73. The van der Waals surface area contributed by atoms with Crippen molar-refractivity contribution in [1.82, 2.24) is 0 Å². The van der Waals surface area contributed by atoms with Gasteiger partial charge in [0.05, 0.1) is 11.5 Å². The van der Waals surface area contributed by atoms with Crippen molar-refractivity contribution in [2.24, 2.45) is 0 Å². The molecule has 0 aromatic carbocycles. The Balaban J connectivity index is 2.56. The fourth-order valence-corrected chi connectivity index (χ4v) is 5.49. The average molecular weight is 184 g/mol. The molecule has 1 fully saturated rings. The van der Waals surface area contributed by atoms with E-state index in [4.69, 9.17) is 0 Å². The number of sulfone groups is 1. The van der Waals surface area contributed by atoms with Crippen LogP contribution in [0, 0.1) is 0 Å². The molecule has 0 amide bonds. The lowest BCUT2D eigenvalue weighted by molar-refractivity contribution is 0.599. The maximum absolute atomic E-state index is 10.8. The van der Waals surface area contributed by atoms with Crippen LogP contribution in [0.4, 0.5) is 0 Å². The molecule has 0 aliphatic carbocycles. The van der Waals surface area contributed by atoms with Crippen LogP contribution in [0.2, 0.25) is 0 Å². The maximum Gasteiger partial charge on any atom is 0.151 e. The number of rotatable bonds is 0. The molecule has 0 spiro atoms. The second kappa shape index (κ2) is 3.16. The van der Waals surface area contributed by atoms with Crippen molar-refractivity contribution in [2.75, 3.05) is 23.0 Å². The highest BCUT2D eigenvalue weighted by molar-refractivity contribution is 8.76. The standard InChI is InChI=1S/C4H8O2S3/c5-9(6)3-1-7-8-2-4-9/h1-4H2. The molecule has 0 aromatic heterocycles. The van der Waals surface area contributed by atoms with Gasteiger partial charge in [-0.1, -0.05) is 21.6 Å². The first-order chi connectivity index (χ1) is 4.21. The zero-order valence-corrected chi connectivity index (χ0v) is 7.32. The topological polar surface area (TPSA) is 34.1 Å². The molecule has 0 bridgehead atoms. The third-order valence-electron chi connectivity index (χ3n) is 1.04. The van der Waals surface area contributed by atoms with Crippen LogP contribution in [0.5, 0.6) is 0 Å². The molecule has 54 valence electrons. The molecule has 1 saturated heterocycles. The van der Waals surface area contributed by atoms with Crippen LogP contribution in [-0.2, 0) is 9.84 Å². The molecule has 1 aliphatic rings. The van der Waals surface area contributed by atoms with Crippen LogP contribution in [-0.4, -0.2) is 31.4 Å². The molecule has 1 aliphatic heterocycles. The van der Waals surface area contributed by atoms with Gasteiger partial charge < -0.3 is 0 Å². The first-order valence-corrected chi connectivity index (χ1v) is 6.96. The van der Waals surface area contributed by atoms with E-state index < -0.39 is 9.84 Å². The molecule has 2 nitrogen and oxygen atoms in total. The monoisotopic (exact) mass is 184 g/mol. The minimum absolute atomic E-state index is 0.366. The minimum Gasteiger partial charge on any atom is -0.229 e. The van der Waals surface area contributed by atoms with Gasteiger partial charge in [0, 0.05) is 11.5 Å². The van der Waals surface area contributed by atoms with Crippen LogP contribution >= 0.6 is 21.6 Å². The Morgan fingerprint density at radius 2 is 1.44 bits per heavy atom. The molecule has 0 radical (unpaired) electrons. The van der Waals surface area contributed by atoms with Crippen molar-refractivity contribution in [3.8, 4) is 0 Å². The normalized spacial score (nSPS) is 27.1. The van der Waals surface area contributed by atoms with E-state index >= 15 is 0 Å². The summed E-state index contributed by atoms with van der Waals surface area (Å²) in [4.78, 5) is 0. The Bertz CT molecular complexity index is 158. The summed E-state index contributed by atoms with van der Waals surface area (Å²) in [5.74, 6) is 2.25. The summed E-state index contributed by atoms with van der Waals surface area (Å²) in [6, 6.07) is 0. The molecule has 0 atom stereocenters. The van der Waals surface area contributed by atoms with Gasteiger partial charge in [-0.25, -0.2) is 8.42 Å². The smallest absolute Gasteiger partial charge is 0.151 e. The van der Waals surface area contributed by atoms with E-state index in [1.807, 2.05) is 0 Å². The van der Waals surface area contributed by atoms with E-state index in [0.717, 1.165) is 11.5 Å². The summed E-state index contributed by atoms with van der Waals surface area (Å²) in [6.45, 7) is 0. The highest BCUT2D eigenvalue weighted by atomic mass is 33.1. The van der Waals surface area contributed by atoms with Crippen molar-refractivity contribution < 1.29 is 8.42 Å². The quantitative estimate of drug-likeness (QED) is 0.521. The van der Waals surface area contributed by atoms with E-state index in [2.05, 4.69) is 0 Å². The molecule has 1 heterocycles. The van der Waals surface area contributed by atoms with Crippen molar-refractivity contribution in [3.63, 3.8) is 0 Å². The Hall–Kier alpha value is 0.650. The molecule has 1 rings (SSSR count). The van der Waals surface area contributed by atoms with Gasteiger partial charge in [-0.2, -0.15) is 0 Å². The van der Waals surface area contributed by atoms with Gasteiger partial charge in [0.25, 0.3) is 0 Å². The summed E-state index contributed by atoms with van der Waals surface area (Å²) >= 11 is 0. The van der Waals surface area contributed by atoms with E-state index in [0.29, 0.717) is 11.5 Å². The summed E-state index contributed by atoms with van der Waals surface area (Å²) < 4.78 is 21.7. The molecular formula is C4H8O2S3. The van der Waals surface area contributed by atoms with E-state index in [-0.39, 0.29) is 0 Å². The summed E-state index contributed by atoms with van der Waals surface area (Å²) in [6.07, 6.45) is 0. The van der Waals surface area contributed by atoms with Crippen molar-refractivity contribution in [2.45, 2.75) is 0 Å². The van der Waals surface area contributed by atoms with Crippen LogP contribution in [0.15, 0.2) is 0 Å². The number of hydrogen-bond donors (Lipinski definition) is 0. The molecule has 0 unspecified atom stereocenters. The van der Waals surface area contributed by atoms with Gasteiger partial charge in [0.2, 0.25) is 0 Å². The highest BCUT2D eigenvalue weighted by Gasteiger charge is 2.13. The van der Waals surface area contributed by atoms with Crippen LogP contribution < -0.4 is 0 Å². The van der Waals surface area contributed by atoms with Gasteiger partial charge in [-0.15, -0.1) is 0 Å². The summed E-state index contributed by atoms with van der Waals surface area (Å²) in [7, 11) is 0.650. The summed E-state index contributed by atoms with van der Waals surface area (Å²) in [5.41, 5.74) is 0. The largest absolute Gasteiger partial charge is 0.229 e. The zero-order chi connectivity index (χ0) is 6.74. The van der Waals surface area contributed by atoms with Crippen LogP contribution in [0.3, 0.4) is 0 Å². The molecule has 0 saturated carbocycles. The van der Waals surface area contributed by atoms with Crippen LogP contribution in [0.25, 0.3) is 0 Å². The predicted octanol–water partition coefficient (Wildman–Crippen LogP) is 0.796. The van der Waals surface area contributed by atoms with Gasteiger partial charge in [0.15, 0.2) is 9.84 Å². The highest BCUT2D eigenvalue weighted by Crippen LogP contribution is 2.24. The van der Waals surface area contributed by atoms with Crippen molar-refractivity contribution in [3.05, 3.63) is 0 Å². The third kappa shape index (κ3) is 2.82. The van der Waals surface area contributed by atoms with Crippen LogP contribution in [0.1, 0.15) is 0 Å². The number of hydrogen-bond acceptors (Lipinski definition) is 4. The van der Waals surface area contributed by atoms with Gasteiger partial charge >= 0.3 is 0 Å². The first kappa shape index (κ1) is 7.75. The second-order valence-electron chi connectivity index (χ2n) is 1.80. The summed E-state index contributed by atoms with van der Waals surface area (Å²) in [5, 5.41) is 0. The van der Waals surface area contributed by atoms with Gasteiger partial charge in [0.1, 0.15) is 0 Å². The Morgan fingerprint density at radius 1 is 1.00 bits per heavy atom. The lowest BCUT2D eigenvalue weighted by Crippen LogP contribution is -2.11. The Morgan fingerprint density at radius 3 is 1.89 bits per heavy atom. The van der Waals surface area contributed by atoms with E-state index in [9.17, 15) is 8.42 Å². The molecular weight excluding hydrogens is 176 g/mol. The van der Waals surface area contributed by atoms with E-state index in [1.165, 1.54) is 0 Å². The minimum atomic E-state index is -2.66. The van der Waals surface area contributed by atoms with Gasteiger partial charge in [-0.05, 0) is 0 Å². The molecule has 0 aromatic rings. The molecule has 9 heavy (non-hydrogen) atoms. The molecule has 0 N–H and O–H groups in total. The first-order valence-electron chi connectivity index (χ1n) is 2.65. The predicted molar refractivity (Wildman–Crippen MR) is 43.6 cm³/mol. The SMILES string of the molecule is O=S1(=O)CCSSCC1. The van der Waals surface area contributed by atoms with Gasteiger partial charge in [-0.3, -0.25) is 0 Å². The fourth-order valence-electron chi connectivity index (χ4n) is 0.542. The van der Waals surface area contributed by atoms with E-state index in [1.54, 1.807) is 21.6 Å². The second-order valence-corrected chi connectivity index (χ2v) is 6.80. The maximum atomic E-state index is 10.8. The lowest BCUT2D eigenvalue weighted by atomic mass is 10.9. The Labute approximate surface area is 63.1 Å². The third-order valence-corrected chi connectivity index (χ3v) is 5.62. The van der Waals surface area contributed by atoms with Crippen molar-refractivity contribution in [1.29, 1.82) is 0 Å². The lowest BCUT2D eigenvalue weighted by Gasteiger charge is -1.92. The molecule has 5 heteroatoms. The fraction of sp³-hybridized carbons (Fsp3) is 1.00. The zero-order valence-electron chi connectivity index (χ0n) is 4.87.